The maximum Gasteiger partial charge on any atom is 0.316 e. The molecule has 21 heavy (non-hydrogen) atoms. The van der Waals surface area contributed by atoms with Crippen LogP contribution in [0, 0.1) is 0 Å². The van der Waals surface area contributed by atoms with Crippen molar-refractivity contribution in [1.29, 1.82) is 0 Å². The third-order valence-electron chi connectivity index (χ3n) is 4.22. The first-order valence-electron chi connectivity index (χ1n) is 6.89. The van der Waals surface area contributed by atoms with Crippen molar-refractivity contribution in [2.45, 2.75) is 18.3 Å². The summed E-state index contributed by atoms with van der Waals surface area (Å²) < 4.78 is 15.6. The van der Waals surface area contributed by atoms with Crippen LogP contribution in [0.4, 0.5) is 0 Å². The quantitative estimate of drug-likeness (QED) is 0.810. The van der Waals surface area contributed by atoms with Crippen LogP contribution in [-0.2, 0) is 14.9 Å². The molecular weight excluding hydrogens is 268 g/mol. The van der Waals surface area contributed by atoms with Crippen molar-refractivity contribution in [2.24, 2.45) is 0 Å². The lowest BCUT2D eigenvalue weighted by Crippen LogP contribution is -2.21. The highest BCUT2D eigenvalue weighted by Gasteiger charge is 2.52. The van der Waals surface area contributed by atoms with E-state index in [1.165, 1.54) is 7.11 Å². The standard InChI is InChI=1S/C17H18O4/c1-19-14-9-11-4-5-13(8-12(11)10-15(14)20-2)17(6-7-17)16(18)21-3/h4-5,8-10H,6-7H2,1-3H3. The minimum absolute atomic E-state index is 0.151. The van der Waals surface area contributed by atoms with E-state index >= 15 is 0 Å². The van der Waals surface area contributed by atoms with E-state index < -0.39 is 5.41 Å². The van der Waals surface area contributed by atoms with Crippen LogP contribution in [0.2, 0.25) is 0 Å². The molecule has 110 valence electrons. The van der Waals surface area contributed by atoms with E-state index in [1.54, 1.807) is 14.2 Å². The molecule has 0 unspecified atom stereocenters. The lowest BCUT2D eigenvalue weighted by molar-refractivity contribution is -0.143. The Morgan fingerprint density at radius 1 is 0.952 bits per heavy atom. The van der Waals surface area contributed by atoms with Gasteiger partial charge in [0.1, 0.15) is 0 Å². The number of methoxy groups -OCH3 is 3. The van der Waals surface area contributed by atoms with Crippen LogP contribution in [0.5, 0.6) is 11.5 Å². The normalized spacial score (nSPS) is 15.6. The van der Waals surface area contributed by atoms with Gasteiger partial charge in [-0.25, -0.2) is 0 Å². The van der Waals surface area contributed by atoms with Crippen molar-refractivity contribution >= 4 is 16.7 Å². The number of hydrogen-bond acceptors (Lipinski definition) is 4. The van der Waals surface area contributed by atoms with E-state index in [4.69, 9.17) is 14.2 Å². The molecule has 2 aromatic rings. The number of rotatable bonds is 4. The lowest BCUT2D eigenvalue weighted by atomic mass is 9.93. The van der Waals surface area contributed by atoms with E-state index in [0.717, 1.165) is 29.2 Å². The molecule has 0 heterocycles. The van der Waals surface area contributed by atoms with Crippen LogP contribution in [0.3, 0.4) is 0 Å². The molecule has 1 saturated carbocycles. The van der Waals surface area contributed by atoms with Gasteiger partial charge < -0.3 is 14.2 Å². The summed E-state index contributed by atoms with van der Waals surface area (Å²) in [4.78, 5) is 12.0. The van der Waals surface area contributed by atoms with Gasteiger partial charge in [-0.1, -0.05) is 12.1 Å². The van der Waals surface area contributed by atoms with Crippen LogP contribution < -0.4 is 9.47 Å². The minimum atomic E-state index is -0.448. The number of benzene rings is 2. The van der Waals surface area contributed by atoms with Crippen molar-refractivity contribution in [2.75, 3.05) is 21.3 Å². The third-order valence-corrected chi connectivity index (χ3v) is 4.22. The predicted octanol–water partition coefficient (Wildman–Crippen LogP) is 3.06. The highest BCUT2D eigenvalue weighted by molar-refractivity contribution is 5.91. The molecule has 3 rings (SSSR count). The molecule has 2 aromatic carbocycles. The first-order valence-corrected chi connectivity index (χ1v) is 6.89. The summed E-state index contributed by atoms with van der Waals surface area (Å²) in [5.74, 6) is 1.24. The van der Waals surface area contributed by atoms with Gasteiger partial charge in [0.2, 0.25) is 0 Å². The second kappa shape index (κ2) is 4.95. The van der Waals surface area contributed by atoms with Crippen LogP contribution in [0.1, 0.15) is 18.4 Å². The number of hydrogen-bond donors (Lipinski definition) is 0. The molecule has 0 atom stereocenters. The average molecular weight is 286 g/mol. The van der Waals surface area contributed by atoms with Gasteiger partial charge in [0.25, 0.3) is 0 Å². The summed E-state index contributed by atoms with van der Waals surface area (Å²) in [6.45, 7) is 0. The van der Waals surface area contributed by atoms with Crippen LogP contribution in [-0.4, -0.2) is 27.3 Å². The van der Waals surface area contributed by atoms with Crippen LogP contribution in [0.15, 0.2) is 30.3 Å². The summed E-state index contributed by atoms with van der Waals surface area (Å²) in [6.07, 6.45) is 1.69. The zero-order chi connectivity index (χ0) is 15.0. The Kier molecular flexibility index (Phi) is 3.24. The van der Waals surface area contributed by atoms with Crippen molar-refractivity contribution in [3.63, 3.8) is 0 Å². The molecule has 0 amide bonds. The molecule has 0 aromatic heterocycles. The summed E-state index contributed by atoms with van der Waals surface area (Å²) in [7, 11) is 4.68. The van der Waals surface area contributed by atoms with Gasteiger partial charge in [-0.3, -0.25) is 4.79 Å². The topological polar surface area (TPSA) is 44.8 Å². The fourth-order valence-electron chi connectivity index (χ4n) is 2.80. The summed E-state index contributed by atoms with van der Waals surface area (Å²) in [5.41, 5.74) is 0.560. The molecule has 4 heteroatoms. The number of carbonyl (C=O) groups excluding carboxylic acids is 1. The smallest absolute Gasteiger partial charge is 0.316 e. The molecule has 0 N–H and O–H groups in total. The van der Waals surface area contributed by atoms with Gasteiger partial charge in [0.15, 0.2) is 11.5 Å². The summed E-state index contributed by atoms with van der Waals surface area (Å²) in [5, 5.41) is 2.08. The predicted molar refractivity (Wildman–Crippen MR) is 80.0 cm³/mol. The Hall–Kier alpha value is -2.23. The number of esters is 1. The fraction of sp³-hybridized carbons (Fsp3) is 0.353. The second-order valence-electron chi connectivity index (χ2n) is 5.34. The second-order valence-corrected chi connectivity index (χ2v) is 5.34. The lowest BCUT2D eigenvalue weighted by Gasteiger charge is -2.15. The van der Waals surface area contributed by atoms with Crippen LogP contribution >= 0.6 is 0 Å². The largest absolute Gasteiger partial charge is 0.493 e. The van der Waals surface area contributed by atoms with Gasteiger partial charge in [0.05, 0.1) is 26.7 Å². The van der Waals surface area contributed by atoms with Crippen LogP contribution in [0.25, 0.3) is 10.8 Å². The molecule has 0 spiro atoms. The molecule has 1 fully saturated rings. The third kappa shape index (κ3) is 2.11. The molecule has 0 saturated heterocycles. The van der Waals surface area contributed by atoms with E-state index in [2.05, 4.69) is 0 Å². The first-order chi connectivity index (χ1) is 10.1. The highest BCUT2D eigenvalue weighted by Crippen LogP contribution is 2.50. The Morgan fingerprint density at radius 3 is 2.10 bits per heavy atom. The number of fused-ring (bicyclic) bond motifs is 1. The van der Waals surface area contributed by atoms with Gasteiger partial charge in [-0.05, 0) is 47.4 Å². The minimum Gasteiger partial charge on any atom is -0.493 e. The van der Waals surface area contributed by atoms with E-state index in [0.29, 0.717) is 11.5 Å². The first kappa shape index (κ1) is 13.7. The number of carbonyl (C=O) groups is 1. The Bertz CT molecular complexity index is 701. The molecule has 4 nitrogen and oxygen atoms in total. The Labute approximate surface area is 123 Å². The van der Waals surface area contributed by atoms with Gasteiger partial charge in [0, 0.05) is 0 Å². The SMILES string of the molecule is COC(=O)C1(c2ccc3cc(OC)c(OC)cc3c2)CC1. The van der Waals surface area contributed by atoms with Crippen molar-refractivity contribution < 1.29 is 19.0 Å². The van der Waals surface area contributed by atoms with E-state index in [1.807, 2.05) is 30.3 Å². The van der Waals surface area contributed by atoms with Crippen molar-refractivity contribution in [1.82, 2.24) is 0 Å². The maximum absolute atomic E-state index is 12.0. The molecule has 0 bridgehead atoms. The Balaban J connectivity index is 2.10. The summed E-state index contributed by atoms with van der Waals surface area (Å²) >= 11 is 0. The molecule has 1 aliphatic carbocycles. The van der Waals surface area contributed by atoms with Gasteiger partial charge in [-0.2, -0.15) is 0 Å². The zero-order valence-corrected chi connectivity index (χ0v) is 12.4. The van der Waals surface area contributed by atoms with E-state index in [-0.39, 0.29) is 5.97 Å². The Morgan fingerprint density at radius 2 is 1.57 bits per heavy atom. The fourth-order valence-corrected chi connectivity index (χ4v) is 2.80. The molecule has 0 aliphatic heterocycles. The highest BCUT2D eigenvalue weighted by atomic mass is 16.5. The van der Waals surface area contributed by atoms with Crippen molar-refractivity contribution in [3.05, 3.63) is 35.9 Å². The van der Waals surface area contributed by atoms with Crippen molar-refractivity contribution in [3.8, 4) is 11.5 Å². The average Bonchev–Trinajstić information content (AvgIpc) is 3.33. The molecule has 1 aliphatic rings. The van der Waals surface area contributed by atoms with Gasteiger partial charge >= 0.3 is 5.97 Å². The molecular formula is C17H18O4. The zero-order valence-electron chi connectivity index (χ0n) is 12.4. The van der Waals surface area contributed by atoms with Gasteiger partial charge in [-0.15, -0.1) is 0 Å². The summed E-state index contributed by atoms with van der Waals surface area (Å²) in [6, 6.07) is 9.93. The number of ether oxygens (including phenoxy) is 3. The monoisotopic (exact) mass is 286 g/mol. The van der Waals surface area contributed by atoms with E-state index in [9.17, 15) is 4.79 Å². The molecule has 0 radical (unpaired) electrons. The maximum atomic E-state index is 12.0.